The van der Waals surface area contributed by atoms with Crippen LogP contribution in [-0.2, 0) is 14.8 Å². The summed E-state index contributed by atoms with van der Waals surface area (Å²) in [4.78, 5) is 11.7. The molecule has 0 aromatic heterocycles. The third-order valence-electron chi connectivity index (χ3n) is 4.82. The third-order valence-corrected chi connectivity index (χ3v) is 6.91. The summed E-state index contributed by atoms with van der Waals surface area (Å²) in [7, 11) is -4.54. The molecule has 2 N–H and O–H groups in total. The first kappa shape index (κ1) is 24.1. The number of carbonyl (C=O) groups is 1. The van der Waals surface area contributed by atoms with Gasteiger partial charge in [-0.1, -0.05) is 0 Å². The molecule has 1 aliphatic rings. The van der Waals surface area contributed by atoms with E-state index in [0.29, 0.717) is 12.1 Å². The minimum absolute atomic E-state index is 0.0627. The van der Waals surface area contributed by atoms with Crippen LogP contribution in [0.3, 0.4) is 0 Å². The molecule has 0 aliphatic carbocycles. The van der Waals surface area contributed by atoms with E-state index in [2.05, 4.69) is 5.32 Å². The van der Waals surface area contributed by atoms with Crippen LogP contribution in [-0.4, -0.2) is 55.1 Å². The van der Waals surface area contributed by atoms with Gasteiger partial charge < -0.3 is 15.2 Å². The second kappa shape index (κ2) is 8.77. The van der Waals surface area contributed by atoms with E-state index in [-0.39, 0.29) is 25.3 Å². The van der Waals surface area contributed by atoms with Crippen molar-refractivity contribution in [1.82, 2.24) is 4.31 Å². The number of sulfonamides is 1. The molecule has 1 unspecified atom stereocenters. The molecule has 2 aromatic carbocycles. The molecule has 1 heterocycles. The van der Waals surface area contributed by atoms with Crippen molar-refractivity contribution in [2.45, 2.75) is 30.4 Å². The first-order valence-corrected chi connectivity index (χ1v) is 10.8. The number of rotatable bonds is 4. The lowest BCUT2D eigenvalue weighted by Gasteiger charge is -2.35. The number of amides is 1. The van der Waals surface area contributed by atoms with Crippen LogP contribution in [0.25, 0.3) is 0 Å². The zero-order chi connectivity index (χ0) is 23.8. The van der Waals surface area contributed by atoms with Crippen molar-refractivity contribution >= 4 is 21.6 Å². The molecule has 2 aromatic rings. The van der Waals surface area contributed by atoms with Gasteiger partial charge in [0.1, 0.15) is 10.7 Å². The smallest absolute Gasteiger partial charge is 0.255 e. The fourth-order valence-electron chi connectivity index (χ4n) is 3.22. The maximum atomic E-state index is 14.5. The van der Waals surface area contributed by atoms with Gasteiger partial charge >= 0.3 is 0 Å². The molecular weight excluding hydrogens is 456 g/mol. The predicted octanol–water partition coefficient (Wildman–Crippen LogP) is 2.66. The Morgan fingerprint density at radius 3 is 2.38 bits per heavy atom. The van der Waals surface area contributed by atoms with E-state index in [9.17, 15) is 35.9 Å². The number of carbonyl (C=O) groups excluding carboxylic acids is 1. The van der Waals surface area contributed by atoms with Crippen molar-refractivity contribution in [3.8, 4) is 0 Å². The molecule has 1 atom stereocenters. The molecular formula is C20H20F4N2O5S. The number of anilines is 1. The normalized spacial score (nSPS) is 19.4. The highest BCUT2D eigenvalue weighted by molar-refractivity contribution is 7.89. The summed E-state index contributed by atoms with van der Waals surface area (Å²) in [5, 5.41) is 12.1. The molecule has 0 radical (unpaired) electrons. The molecule has 0 saturated carbocycles. The summed E-state index contributed by atoms with van der Waals surface area (Å²) in [6.07, 6.45) is -1.15. The highest BCUT2D eigenvalue weighted by Gasteiger charge is 2.42. The number of ether oxygens (including phenoxy) is 1. The lowest BCUT2D eigenvalue weighted by molar-refractivity contribution is 0.0461. The van der Waals surface area contributed by atoms with Crippen molar-refractivity contribution in [2.24, 2.45) is 0 Å². The minimum atomic E-state index is -4.54. The van der Waals surface area contributed by atoms with Crippen molar-refractivity contribution < 1.29 is 40.6 Å². The highest BCUT2D eigenvalue weighted by atomic mass is 32.2. The van der Waals surface area contributed by atoms with Gasteiger partial charge in [0.2, 0.25) is 10.0 Å². The highest BCUT2D eigenvalue weighted by Crippen LogP contribution is 2.29. The summed E-state index contributed by atoms with van der Waals surface area (Å²) >= 11 is 0. The van der Waals surface area contributed by atoms with Crippen LogP contribution in [0.4, 0.5) is 23.2 Å². The number of benzene rings is 2. The Morgan fingerprint density at radius 1 is 1.12 bits per heavy atom. The fourth-order valence-corrected chi connectivity index (χ4v) is 5.12. The molecule has 32 heavy (non-hydrogen) atoms. The molecule has 12 heteroatoms. The number of hydrogen-bond donors (Lipinski definition) is 2. The predicted molar refractivity (Wildman–Crippen MR) is 105 cm³/mol. The van der Waals surface area contributed by atoms with Gasteiger partial charge in [0.15, 0.2) is 17.5 Å². The maximum absolute atomic E-state index is 14.5. The molecule has 174 valence electrons. The van der Waals surface area contributed by atoms with Gasteiger partial charge in [-0.25, -0.2) is 26.0 Å². The van der Waals surface area contributed by atoms with E-state index in [1.165, 1.54) is 13.8 Å². The van der Waals surface area contributed by atoms with E-state index >= 15 is 0 Å². The fraction of sp³-hybridized carbons (Fsp3) is 0.350. The van der Waals surface area contributed by atoms with E-state index in [0.717, 1.165) is 22.5 Å². The number of halogens is 4. The summed E-state index contributed by atoms with van der Waals surface area (Å²) in [6, 6.07) is 3.58. The number of aliphatic hydroxyl groups is 1. The molecule has 7 nitrogen and oxygen atoms in total. The minimum Gasteiger partial charge on any atom is -0.389 e. The number of hydrogen-bond acceptors (Lipinski definition) is 5. The van der Waals surface area contributed by atoms with Crippen LogP contribution in [0.5, 0.6) is 0 Å². The van der Waals surface area contributed by atoms with Gasteiger partial charge in [0.25, 0.3) is 5.91 Å². The number of aliphatic hydroxyl groups excluding tert-OH is 1. The molecule has 0 bridgehead atoms. The Bertz CT molecular complexity index is 1130. The van der Waals surface area contributed by atoms with Crippen LogP contribution in [0.15, 0.2) is 35.2 Å². The Morgan fingerprint density at radius 2 is 1.75 bits per heavy atom. The van der Waals surface area contributed by atoms with Gasteiger partial charge in [-0.3, -0.25) is 4.79 Å². The van der Waals surface area contributed by atoms with Crippen LogP contribution in [0, 0.1) is 23.3 Å². The zero-order valence-corrected chi connectivity index (χ0v) is 17.8. The molecule has 3 rings (SSSR count). The summed E-state index contributed by atoms with van der Waals surface area (Å²) in [5.41, 5.74) is -1.89. The zero-order valence-electron chi connectivity index (χ0n) is 17.0. The lowest BCUT2D eigenvalue weighted by Crippen LogP contribution is -2.51. The topological polar surface area (TPSA) is 95.9 Å². The average molecular weight is 476 g/mol. The summed E-state index contributed by atoms with van der Waals surface area (Å²) in [6.45, 7) is 2.54. The van der Waals surface area contributed by atoms with E-state index in [1.807, 2.05) is 0 Å². The molecule has 1 saturated heterocycles. The van der Waals surface area contributed by atoms with Gasteiger partial charge in [0.05, 0.1) is 24.9 Å². The SMILES string of the molecule is CC1(C)COCC(O)CN1S(=O)(=O)c1cc(C(=O)Nc2cc(F)c(F)c(F)c2)ccc1F. The van der Waals surface area contributed by atoms with Crippen LogP contribution in [0.1, 0.15) is 24.2 Å². The quantitative estimate of drug-likeness (QED) is 0.523. The van der Waals surface area contributed by atoms with Crippen molar-refractivity contribution in [3.05, 3.63) is 59.2 Å². The van der Waals surface area contributed by atoms with Crippen LogP contribution < -0.4 is 5.32 Å². The van der Waals surface area contributed by atoms with Crippen molar-refractivity contribution in [3.63, 3.8) is 0 Å². The lowest BCUT2D eigenvalue weighted by atomic mass is 10.1. The Balaban J connectivity index is 1.96. The number of nitrogens with zero attached hydrogens (tertiary/aromatic N) is 1. The summed E-state index contributed by atoms with van der Waals surface area (Å²) < 4.78 is 87.0. The second-order valence-electron chi connectivity index (χ2n) is 7.87. The van der Waals surface area contributed by atoms with E-state index in [4.69, 9.17) is 4.74 Å². The largest absolute Gasteiger partial charge is 0.389 e. The Kier molecular flexibility index (Phi) is 6.61. The van der Waals surface area contributed by atoms with Crippen molar-refractivity contribution in [2.75, 3.05) is 25.1 Å². The van der Waals surface area contributed by atoms with Gasteiger partial charge in [-0.2, -0.15) is 4.31 Å². The van der Waals surface area contributed by atoms with E-state index < -0.39 is 61.4 Å². The second-order valence-corrected chi connectivity index (χ2v) is 9.70. The Hall–Kier alpha value is -2.54. The average Bonchev–Trinajstić information content (AvgIpc) is 2.83. The standard InChI is InChI=1S/C20H20F4N2O5S/c1-20(2)10-31-9-13(27)8-26(20)32(29,30)17-5-11(3-4-14(17)21)19(28)25-12-6-15(22)18(24)16(23)7-12/h3-7,13,27H,8-10H2,1-2H3,(H,25,28). The monoisotopic (exact) mass is 476 g/mol. The van der Waals surface area contributed by atoms with Crippen LogP contribution in [0.2, 0.25) is 0 Å². The van der Waals surface area contributed by atoms with Gasteiger partial charge in [0, 0.05) is 29.9 Å². The van der Waals surface area contributed by atoms with Crippen LogP contribution >= 0.6 is 0 Å². The van der Waals surface area contributed by atoms with Crippen molar-refractivity contribution in [1.29, 1.82) is 0 Å². The van der Waals surface area contributed by atoms with Gasteiger partial charge in [-0.05, 0) is 32.0 Å². The summed E-state index contributed by atoms with van der Waals surface area (Å²) in [5.74, 6) is -6.94. The van der Waals surface area contributed by atoms with Gasteiger partial charge in [-0.15, -0.1) is 0 Å². The molecule has 1 aliphatic heterocycles. The first-order chi connectivity index (χ1) is 14.8. The first-order valence-electron chi connectivity index (χ1n) is 9.37. The molecule has 1 amide bonds. The number of nitrogens with one attached hydrogen (secondary N) is 1. The Labute approximate surface area is 181 Å². The molecule has 0 spiro atoms. The molecule has 1 fully saturated rings. The third kappa shape index (κ3) is 4.77. The number of β-amino-alcohol motifs (C(OH)–C–C–N with tert-alkyl or cyclic N) is 1. The van der Waals surface area contributed by atoms with E-state index in [1.54, 1.807) is 0 Å². The maximum Gasteiger partial charge on any atom is 0.255 e.